The van der Waals surface area contributed by atoms with Crippen molar-refractivity contribution in [3.63, 3.8) is 0 Å². The van der Waals surface area contributed by atoms with Gasteiger partial charge in [0.15, 0.2) is 0 Å². The number of carbonyl (C=O) groups excluding carboxylic acids is 1. The van der Waals surface area contributed by atoms with Gasteiger partial charge in [0.25, 0.3) is 0 Å². The molecule has 1 unspecified atom stereocenters. The summed E-state index contributed by atoms with van der Waals surface area (Å²) in [6.07, 6.45) is 10.9. The molecule has 0 aromatic heterocycles. The second-order valence-electron chi connectivity index (χ2n) is 7.42. The van der Waals surface area contributed by atoms with E-state index in [-0.39, 0.29) is 5.97 Å². The van der Waals surface area contributed by atoms with E-state index in [1.54, 1.807) is 6.08 Å². The zero-order chi connectivity index (χ0) is 15.0. The molecule has 0 aromatic rings. The van der Waals surface area contributed by atoms with Gasteiger partial charge in [-0.15, -0.1) is 0 Å². The maximum atomic E-state index is 11.3. The summed E-state index contributed by atoms with van der Waals surface area (Å²) in [5.74, 6) is 0.977. The molecule has 0 spiro atoms. The van der Waals surface area contributed by atoms with Crippen LogP contribution in [0.25, 0.3) is 0 Å². The van der Waals surface area contributed by atoms with E-state index in [0.29, 0.717) is 16.7 Å². The number of esters is 1. The van der Waals surface area contributed by atoms with Crippen LogP contribution in [0.1, 0.15) is 53.4 Å². The lowest BCUT2D eigenvalue weighted by Crippen LogP contribution is -2.47. The van der Waals surface area contributed by atoms with Crippen molar-refractivity contribution < 1.29 is 9.53 Å². The van der Waals surface area contributed by atoms with Crippen LogP contribution in [0.3, 0.4) is 0 Å². The number of rotatable bonds is 2. The first-order valence-electron chi connectivity index (χ1n) is 7.77. The minimum absolute atomic E-state index is 0.269. The van der Waals surface area contributed by atoms with Crippen molar-refractivity contribution in [2.45, 2.75) is 53.4 Å². The highest BCUT2D eigenvalue weighted by Gasteiger charge is 2.50. The summed E-state index contributed by atoms with van der Waals surface area (Å²) in [4.78, 5) is 11.3. The van der Waals surface area contributed by atoms with E-state index in [4.69, 9.17) is 0 Å². The molecule has 112 valence electrons. The molecule has 3 atom stereocenters. The first kappa shape index (κ1) is 15.3. The molecule has 0 saturated heterocycles. The summed E-state index contributed by atoms with van der Waals surface area (Å²) in [7, 11) is 1.42. The highest BCUT2D eigenvalue weighted by atomic mass is 16.5. The van der Waals surface area contributed by atoms with Crippen LogP contribution in [0.5, 0.6) is 0 Å². The fourth-order valence-electron chi connectivity index (χ4n) is 4.53. The summed E-state index contributed by atoms with van der Waals surface area (Å²) in [5.41, 5.74) is 2.08. The second kappa shape index (κ2) is 5.38. The Labute approximate surface area is 123 Å². The quantitative estimate of drug-likeness (QED) is 0.548. The molecule has 2 rings (SSSR count). The maximum Gasteiger partial charge on any atom is 0.330 e. The lowest BCUT2D eigenvalue weighted by Gasteiger charge is -2.56. The molecule has 2 heteroatoms. The largest absolute Gasteiger partial charge is 0.466 e. The minimum Gasteiger partial charge on any atom is -0.466 e. The van der Waals surface area contributed by atoms with Crippen molar-refractivity contribution in [2.75, 3.05) is 7.11 Å². The molecule has 0 heterocycles. The monoisotopic (exact) mass is 276 g/mol. The number of ether oxygens (including phenoxy) is 1. The van der Waals surface area contributed by atoms with Crippen molar-refractivity contribution in [2.24, 2.45) is 22.7 Å². The van der Waals surface area contributed by atoms with Gasteiger partial charge in [0.2, 0.25) is 0 Å². The van der Waals surface area contributed by atoms with Crippen LogP contribution in [-0.2, 0) is 9.53 Å². The number of fused-ring (bicyclic) bond motifs is 1. The molecule has 0 radical (unpaired) electrons. The molecule has 2 nitrogen and oxygen atoms in total. The number of hydrogen-bond acceptors (Lipinski definition) is 2. The molecule has 20 heavy (non-hydrogen) atoms. The standard InChI is InChI=1S/C18H28O2/c1-13-14(8-10-16(19)20-5)7-9-15-17(2,3)11-6-12-18(13,15)4/h7-8,10,13,15H,6,9,11-12H2,1-5H3/b10-8+/t13-,15?,18-/m1/s1. The zero-order valence-electron chi connectivity index (χ0n) is 13.5. The summed E-state index contributed by atoms with van der Waals surface area (Å²) in [5, 5.41) is 0. The van der Waals surface area contributed by atoms with Crippen LogP contribution in [0.2, 0.25) is 0 Å². The van der Waals surface area contributed by atoms with Crippen LogP contribution in [0.4, 0.5) is 0 Å². The van der Waals surface area contributed by atoms with E-state index in [1.807, 2.05) is 6.08 Å². The SMILES string of the molecule is COC(=O)/C=C/C1=CCC2C(C)(C)CCC[C@]2(C)[C@@H]1C. The highest BCUT2D eigenvalue weighted by molar-refractivity contribution is 5.82. The molecule has 0 N–H and O–H groups in total. The summed E-state index contributed by atoms with van der Waals surface area (Å²) < 4.78 is 4.69. The summed E-state index contributed by atoms with van der Waals surface area (Å²) in [6.45, 7) is 9.61. The molecular weight excluding hydrogens is 248 g/mol. The van der Waals surface area contributed by atoms with E-state index in [9.17, 15) is 4.79 Å². The molecule has 1 fully saturated rings. The Bertz CT molecular complexity index is 444. The van der Waals surface area contributed by atoms with Crippen molar-refractivity contribution in [1.82, 2.24) is 0 Å². The van der Waals surface area contributed by atoms with Gasteiger partial charge in [-0.3, -0.25) is 0 Å². The Morgan fingerprint density at radius 3 is 2.70 bits per heavy atom. The lowest BCUT2D eigenvalue weighted by molar-refractivity contribution is -0.134. The van der Waals surface area contributed by atoms with Crippen LogP contribution < -0.4 is 0 Å². The van der Waals surface area contributed by atoms with Crippen molar-refractivity contribution in [3.05, 3.63) is 23.8 Å². The predicted molar refractivity (Wildman–Crippen MR) is 82.2 cm³/mol. The highest BCUT2D eigenvalue weighted by Crippen LogP contribution is 2.59. The van der Waals surface area contributed by atoms with Crippen LogP contribution in [0, 0.1) is 22.7 Å². The Morgan fingerprint density at radius 2 is 2.05 bits per heavy atom. The maximum absolute atomic E-state index is 11.3. The average Bonchev–Trinajstić information content (AvgIpc) is 2.38. The summed E-state index contributed by atoms with van der Waals surface area (Å²) >= 11 is 0. The fraction of sp³-hybridized carbons (Fsp3) is 0.722. The molecule has 2 aliphatic carbocycles. The van der Waals surface area contributed by atoms with Gasteiger partial charge in [-0.2, -0.15) is 0 Å². The third-order valence-corrected chi connectivity index (χ3v) is 5.97. The van der Waals surface area contributed by atoms with Gasteiger partial charge in [0.1, 0.15) is 0 Å². The second-order valence-corrected chi connectivity index (χ2v) is 7.42. The predicted octanol–water partition coefficient (Wildman–Crippen LogP) is 4.51. The minimum atomic E-state index is -0.269. The molecule has 1 saturated carbocycles. The molecule has 0 aromatic carbocycles. The number of carbonyl (C=O) groups is 1. The van der Waals surface area contributed by atoms with Crippen molar-refractivity contribution >= 4 is 5.97 Å². The zero-order valence-corrected chi connectivity index (χ0v) is 13.5. The number of allylic oxidation sites excluding steroid dienone is 3. The fourth-order valence-corrected chi connectivity index (χ4v) is 4.53. The third-order valence-electron chi connectivity index (χ3n) is 5.97. The summed E-state index contributed by atoms with van der Waals surface area (Å²) in [6, 6.07) is 0. The molecular formula is C18H28O2. The van der Waals surface area contributed by atoms with Crippen LogP contribution >= 0.6 is 0 Å². The third kappa shape index (κ3) is 2.57. The Kier molecular flexibility index (Phi) is 4.13. The average molecular weight is 276 g/mol. The Morgan fingerprint density at radius 1 is 1.35 bits per heavy atom. The Hall–Kier alpha value is -1.05. The van der Waals surface area contributed by atoms with Crippen molar-refractivity contribution in [1.29, 1.82) is 0 Å². The van der Waals surface area contributed by atoms with Crippen LogP contribution in [-0.4, -0.2) is 13.1 Å². The van der Waals surface area contributed by atoms with Gasteiger partial charge in [0.05, 0.1) is 7.11 Å². The van der Waals surface area contributed by atoms with Gasteiger partial charge < -0.3 is 4.74 Å². The van der Waals surface area contributed by atoms with E-state index < -0.39 is 0 Å². The van der Waals surface area contributed by atoms with Gasteiger partial charge >= 0.3 is 5.97 Å². The van der Waals surface area contributed by atoms with Crippen molar-refractivity contribution in [3.8, 4) is 0 Å². The van der Waals surface area contributed by atoms with E-state index >= 15 is 0 Å². The molecule has 0 aliphatic heterocycles. The van der Waals surface area contributed by atoms with E-state index in [2.05, 4.69) is 38.5 Å². The Balaban J connectivity index is 2.26. The molecule has 0 amide bonds. The van der Waals surface area contributed by atoms with Gasteiger partial charge in [0, 0.05) is 6.08 Å². The normalized spacial score (nSPS) is 36.4. The van der Waals surface area contributed by atoms with Gasteiger partial charge in [-0.25, -0.2) is 4.79 Å². The number of methoxy groups -OCH3 is 1. The lowest BCUT2D eigenvalue weighted by atomic mass is 9.49. The first-order valence-corrected chi connectivity index (χ1v) is 7.77. The molecule has 2 aliphatic rings. The first-order chi connectivity index (χ1) is 9.31. The van der Waals surface area contributed by atoms with E-state index in [1.165, 1.54) is 31.9 Å². The smallest absolute Gasteiger partial charge is 0.330 e. The van der Waals surface area contributed by atoms with Gasteiger partial charge in [-0.05, 0) is 47.5 Å². The molecule has 0 bridgehead atoms. The topological polar surface area (TPSA) is 26.3 Å². The van der Waals surface area contributed by atoms with E-state index in [0.717, 1.165) is 12.3 Å². The van der Waals surface area contributed by atoms with Gasteiger partial charge in [-0.1, -0.05) is 46.3 Å². The van der Waals surface area contributed by atoms with Crippen LogP contribution in [0.15, 0.2) is 23.8 Å². The number of hydrogen-bond donors (Lipinski definition) is 0.